The van der Waals surface area contributed by atoms with Gasteiger partial charge in [-0.2, -0.15) is 5.10 Å². The van der Waals surface area contributed by atoms with Crippen molar-refractivity contribution in [2.75, 3.05) is 32.6 Å². The van der Waals surface area contributed by atoms with Gasteiger partial charge in [-0.25, -0.2) is 19.5 Å². The van der Waals surface area contributed by atoms with E-state index in [1.54, 1.807) is 26.6 Å². The van der Waals surface area contributed by atoms with Gasteiger partial charge < -0.3 is 20.1 Å². The summed E-state index contributed by atoms with van der Waals surface area (Å²) in [5, 5.41) is 11.6. The van der Waals surface area contributed by atoms with Crippen LogP contribution in [0, 0.1) is 0 Å². The van der Waals surface area contributed by atoms with Crippen LogP contribution in [0.5, 0.6) is 11.5 Å². The predicted molar refractivity (Wildman–Crippen MR) is 104 cm³/mol. The van der Waals surface area contributed by atoms with E-state index in [-0.39, 0.29) is 0 Å². The molecule has 1 atom stereocenters. The Bertz CT molecular complexity index is 1010. The molecule has 1 unspecified atom stereocenters. The number of nitrogens with zero attached hydrogens (tertiary/aromatic N) is 5. The zero-order chi connectivity index (χ0) is 19.1. The number of imidazole rings is 1. The lowest BCUT2D eigenvalue weighted by Gasteiger charge is -2.14. The molecule has 146 valence electrons. The van der Waals surface area contributed by atoms with Crippen molar-refractivity contribution in [2.45, 2.75) is 31.2 Å². The summed E-state index contributed by atoms with van der Waals surface area (Å²) in [5.74, 6) is 2.41. The van der Waals surface area contributed by atoms with E-state index in [4.69, 9.17) is 19.6 Å². The van der Waals surface area contributed by atoms with E-state index >= 15 is 0 Å². The standard InChI is InChI=1S/C19H23N7O2/c1-27-14-7-16-21-9-13(26(16)25-17(14)11-3-4-11)18-15(28-2)10-22-19(24-18)23-12-5-6-20-8-12/h7,9-12,20H,3-6,8H2,1-2H3,(H,22,23,24). The summed E-state index contributed by atoms with van der Waals surface area (Å²) in [6, 6.07) is 2.26. The summed E-state index contributed by atoms with van der Waals surface area (Å²) >= 11 is 0. The van der Waals surface area contributed by atoms with Crippen molar-refractivity contribution in [3.8, 4) is 22.9 Å². The third-order valence-corrected chi connectivity index (χ3v) is 5.28. The molecular formula is C19H23N7O2. The monoisotopic (exact) mass is 381 g/mol. The lowest BCUT2D eigenvalue weighted by atomic mass is 10.2. The number of hydrogen-bond donors (Lipinski definition) is 2. The highest BCUT2D eigenvalue weighted by Gasteiger charge is 2.30. The summed E-state index contributed by atoms with van der Waals surface area (Å²) in [5.41, 5.74) is 3.12. The summed E-state index contributed by atoms with van der Waals surface area (Å²) in [6.07, 6.45) is 6.78. The second-order valence-corrected chi connectivity index (χ2v) is 7.23. The molecule has 0 amide bonds. The fraction of sp³-hybridized carbons (Fsp3) is 0.474. The molecule has 28 heavy (non-hydrogen) atoms. The van der Waals surface area contributed by atoms with Gasteiger partial charge in [-0.05, 0) is 25.8 Å². The van der Waals surface area contributed by atoms with Crippen LogP contribution < -0.4 is 20.1 Å². The molecule has 2 aliphatic rings. The Hall–Kier alpha value is -2.94. The third kappa shape index (κ3) is 3.01. The van der Waals surface area contributed by atoms with Crippen molar-refractivity contribution in [1.82, 2.24) is 29.9 Å². The predicted octanol–water partition coefficient (Wildman–Crippen LogP) is 1.85. The molecule has 0 spiro atoms. The van der Waals surface area contributed by atoms with Crippen molar-refractivity contribution >= 4 is 11.6 Å². The third-order valence-electron chi connectivity index (χ3n) is 5.28. The highest BCUT2D eigenvalue weighted by molar-refractivity contribution is 5.67. The number of rotatable bonds is 6. The molecule has 1 saturated heterocycles. The Labute approximate surface area is 162 Å². The van der Waals surface area contributed by atoms with Gasteiger partial charge in [0.1, 0.15) is 22.8 Å². The van der Waals surface area contributed by atoms with Gasteiger partial charge in [0.05, 0.1) is 26.6 Å². The van der Waals surface area contributed by atoms with E-state index in [9.17, 15) is 0 Å². The van der Waals surface area contributed by atoms with Gasteiger partial charge in [-0.1, -0.05) is 0 Å². The molecule has 3 aromatic rings. The first-order chi connectivity index (χ1) is 13.8. The molecule has 4 heterocycles. The van der Waals surface area contributed by atoms with E-state index in [2.05, 4.69) is 20.6 Å². The van der Waals surface area contributed by atoms with Gasteiger partial charge in [0.15, 0.2) is 11.4 Å². The van der Waals surface area contributed by atoms with Crippen LogP contribution in [0.4, 0.5) is 5.95 Å². The minimum Gasteiger partial charge on any atom is -0.495 e. The molecule has 9 heteroatoms. The van der Waals surface area contributed by atoms with Crippen molar-refractivity contribution < 1.29 is 9.47 Å². The molecule has 2 fully saturated rings. The van der Waals surface area contributed by atoms with Crippen LogP contribution in [0.3, 0.4) is 0 Å². The topological polar surface area (TPSA) is 98.5 Å². The van der Waals surface area contributed by atoms with Gasteiger partial charge in [0, 0.05) is 24.6 Å². The maximum Gasteiger partial charge on any atom is 0.223 e. The Morgan fingerprint density at radius 2 is 1.96 bits per heavy atom. The van der Waals surface area contributed by atoms with E-state index in [0.717, 1.165) is 49.5 Å². The summed E-state index contributed by atoms with van der Waals surface area (Å²) in [7, 11) is 3.29. The number of ether oxygens (including phenoxy) is 2. The molecular weight excluding hydrogens is 358 g/mol. The SMILES string of the molecule is COc1cnc(NC2CCNC2)nc1-c1cnc2cc(OC)c(C3CC3)nn12. The van der Waals surface area contributed by atoms with E-state index < -0.39 is 0 Å². The Morgan fingerprint density at radius 3 is 2.68 bits per heavy atom. The molecule has 0 radical (unpaired) electrons. The van der Waals surface area contributed by atoms with Crippen LogP contribution in [0.15, 0.2) is 18.5 Å². The van der Waals surface area contributed by atoms with Crippen LogP contribution >= 0.6 is 0 Å². The molecule has 3 aromatic heterocycles. The summed E-state index contributed by atoms with van der Waals surface area (Å²) in [4.78, 5) is 13.6. The number of nitrogens with one attached hydrogen (secondary N) is 2. The van der Waals surface area contributed by atoms with E-state index in [1.165, 1.54) is 0 Å². The number of methoxy groups -OCH3 is 2. The second kappa shape index (κ2) is 6.90. The fourth-order valence-electron chi connectivity index (χ4n) is 3.61. The average Bonchev–Trinajstić information content (AvgIpc) is 3.29. The molecule has 2 N–H and O–H groups in total. The van der Waals surface area contributed by atoms with Crippen LogP contribution in [-0.4, -0.2) is 57.9 Å². The van der Waals surface area contributed by atoms with Gasteiger partial charge >= 0.3 is 0 Å². The first-order valence-electron chi connectivity index (χ1n) is 9.58. The van der Waals surface area contributed by atoms with Crippen LogP contribution in [0.25, 0.3) is 17.0 Å². The first kappa shape index (κ1) is 17.2. The van der Waals surface area contributed by atoms with Crippen LogP contribution in [0.2, 0.25) is 0 Å². The molecule has 0 bridgehead atoms. The number of hydrogen-bond acceptors (Lipinski definition) is 8. The minimum absolute atomic E-state index is 0.326. The minimum atomic E-state index is 0.326. The normalized spacial score (nSPS) is 19.1. The molecule has 9 nitrogen and oxygen atoms in total. The first-order valence-corrected chi connectivity index (χ1v) is 9.58. The molecule has 1 aliphatic carbocycles. The molecule has 5 rings (SSSR count). The van der Waals surface area contributed by atoms with Crippen molar-refractivity contribution in [3.63, 3.8) is 0 Å². The van der Waals surface area contributed by atoms with Crippen molar-refractivity contribution in [3.05, 3.63) is 24.2 Å². The lowest BCUT2D eigenvalue weighted by molar-refractivity contribution is 0.405. The van der Waals surface area contributed by atoms with Gasteiger partial charge in [-0.15, -0.1) is 0 Å². The number of fused-ring (bicyclic) bond motifs is 1. The van der Waals surface area contributed by atoms with E-state index in [1.807, 2.05) is 10.6 Å². The van der Waals surface area contributed by atoms with Crippen molar-refractivity contribution in [1.29, 1.82) is 0 Å². The summed E-state index contributed by atoms with van der Waals surface area (Å²) < 4.78 is 12.9. The fourth-order valence-corrected chi connectivity index (χ4v) is 3.61. The highest BCUT2D eigenvalue weighted by atomic mass is 16.5. The quantitative estimate of drug-likeness (QED) is 0.668. The molecule has 1 saturated carbocycles. The van der Waals surface area contributed by atoms with Crippen LogP contribution in [-0.2, 0) is 0 Å². The van der Waals surface area contributed by atoms with E-state index in [0.29, 0.717) is 35.0 Å². The van der Waals surface area contributed by atoms with Crippen molar-refractivity contribution in [2.24, 2.45) is 0 Å². The van der Waals surface area contributed by atoms with Gasteiger partial charge in [0.25, 0.3) is 0 Å². The van der Waals surface area contributed by atoms with Gasteiger partial charge in [0.2, 0.25) is 5.95 Å². The molecule has 0 aromatic carbocycles. The summed E-state index contributed by atoms with van der Waals surface area (Å²) in [6.45, 7) is 1.91. The highest BCUT2D eigenvalue weighted by Crippen LogP contribution is 2.43. The van der Waals surface area contributed by atoms with Gasteiger partial charge in [-0.3, -0.25) is 0 Å². The average molecular weight is 381 g/mol. The Balaban J connectivity index is 1.59. The zero-order valence-electron chi connectivity index (χ0n) is 16.0. The maximum atomic E-state index is 5.53. The van der Waals surface area contributed by atoms with Crippen LogP contribution in [0.1, 0.15) is 30.9 Å². The maximum absolute atomic E-state index is 5.53. The Morgan fingerprint density at radius 1 is 1.11 bits per heavy atom. The largest absolute Gasteiger partial charge is 0.495 e. The zero-order valence-corrected chi connectivity index (χ0v) is 16.0. The number of aromatic nitrogens is 5. The second-order valence-electron chi connectivity index (χ2n) is 7.23. The smallest absolute Gasteiger partial charge is 0.223 e. The Kier molecular flexibility index (Phi) is 4.23. The number of anilines is 1. The molecule has 1 aliphatic heterocycles. The lowest BCUT2D eigenvalue weighted by Crippen LogP contribution is -2.23.